The van der Waals surface area contributed by atoms with Crippen LogP contribution in [0, 0.1) is 0 Å². The summed E-state index contributed by atoms with van der Waals surface area (Å²) in [5.41, 5.74) is 12.6. The summed E-state index contributed by atoms with van der Waals surface area (Å²) in [5, 5.41) is 2.23. The van der Waals surface area contributed by atoms with Gasteiger partial charge in [0.15, 0.2) is 11.6 Å². The molecule has 0 N–H and O–H groups in total. The van der Waals surface area contributed by atoms with Gasteiger partial charge in [-0.05, 0) is 71.5 Å². The first-order valence-electron chi connectivity index (χ1n) is 20.3. The van der Waals surface area contributed by atoms with E-state index >= 15 is 0 Å². The third-order valence-corrected chi connectivity index (χ3v) is 11.8. The van der Waals surface area contributed by atoms with Gasteiger partial charge in [-0.25, -0.2) is 9.97 Å². The van der Waals surface area contributed by atoms with Crippen LogP contribution in [0.2, 0.25) is 0 Å². The molecule has 0 atom stereocenters. The number of benzene rings is 6. The molecule has 11 rings (SSSR count). The smallest absolute Gasteiger partial charge is 0.238 e. The number of anilines is 3. The van der Waals surface area contributed by atoms with Crippen LogP contribution >= 0.6 is 0 Å². The summed E-state index contributed by atoms with van der Waals surface area (Å²) >= 11 is 0. The standard InChI is InChI=1S/C53H40N6/c1-53(2)42-28-16-18-30-46(42)58(49-32-39(35-19-7-3-8-20-35)31-44(54-49)36-21-9-4-10-22-36)48-33-41-40-27-15-17-29-45(40)59(47(41)34-43(48)53)52-56-50(37-23-11-5-12-24-37)55-51(57-52)38-25-13-6-14-26-38/h4-7,9-34H,3,8H2,1-2H3. The summed E-state index contributed by atoms with van der Waals surface area (Å²) in [6.45, 7) is 4.67. The highest BCUT2D eigenvalue weighted by Gasteiger charge is 2.38. The molecule has 0 unspecified atom stereocenters. The zero-order valence-corrected chi connectivity index (χ0v) is 32.9. The highest BCUT2D eigenvalue weighted by atomic mass is 15.2. The predicted molar refractivity (Wildman–Crippen MR) is 241 cm³/mol. The van der Waals surface area contributed by atoms with Gasteiger partial charge in [0.2, 0.25) is 5.95 Å². The average Bonchev–Trinajstić information content (AvgIpc) is 3.63. The Bertz CT molecular complexity index is 3070. The molecule has 6 nitrogen and oxygen atoms in total. The maximum atomic E-state index is 5.48. The molecule has 0 amide bonds. The molecule has 59 heavy (non-hydrogen) atoms. The van der Waals surface area contributed by atoms with E-state index in [1.54, 1.807) is 0 Å². The van der Waals surface area contributed by atoms with Crippen LogP contribution in [0.1, 0.15) is 43.4 Å². The minimum absolute atomic E-state index is 0.351. The zero-order chi connectivity index (χ0) is 39.5. The maximum Gasteiger partial charge on any atom is 0.238 e. The van der Waals surface area contributed by atoms with Crippen molar-refractivity contribution in [1.82, 2.24) is 24.5 Å². The molecule has 0 fully saturated rings. The normalized spacial score (nSPS) is 14.3. The van der Waals surface area contributed by atoms with E-state index in [1.807, 2.05) is 36.4 Å². The Morgan fingerprint density at radius 1 is 0.492 bits per heavy atom. The summed E-state index contributed by atoms with van der Waals surface area (Å²) < 4.78 is 2.22. The largest absolute Gasteiger partial charge is 0.294 e. The number of hydrogen-bond acceptors (Lipinski definition) is 5. The summed E-state index contributed by atoms with van der Waals surface area (Å²) in [4.78, 5) is 23.3. The summed E-state index contributed by atoms with van der Waals surface area (Å²) in [7, 11) is 0. The lowest BCUT2D eigenvalue weighted by atomic mass is 9.73. The minimum Gasteiger partial charge on any atom is -0.294 e. The van der Waals surface area contributed by atoms with E-state index in [0.717, 1.165) is 79.8 Å². The summed E-state index contributed by atoms with van der Waals surface area (Å²) in [6.07, 6.45) is 8.96. The number of para-hydroxylation sites is 2. The molecule has 9 aromatic rings. The first-order valence-corrected chi connectivity index (χ1v) is 20.3. The second kappa shape index (κ2) is 13.9. The van der Waals surface area contributed by atoms with Gasteiger partial charge in [0, 0.05) is 32.9 Å². The maximum absolute atomic E-state index is 5.48. The minimum atomic E-state index is -0.351. The van der Waals surface area contributed by atoms with E-state index in [0.29, 0.717) is 17.6 Å². The van der Waals surface area contributed by atoms with Crippen LogP contribution in [0.4, 0.5) is 17.2 Å². The second-order valence-electron chi connectivity index (χ2n) is 15.8. The number of nitrogens with zero attached hydrogens (tertiary/aromatic N) is 6. The number of rotatable bonds is 6. The van der Waals surface area contributed by atoms with Crippen LogP contribution in [-0.4, -0.2) is 24.5 Å². The molecule has 3 aromatic heterocycles. The lowest BCUT2D eigenvalue weighted by Gasteiger charge is -2.41. The zero-order valence-electron chi connectivity index (χ0n) is 32.9. The molecule has 0 saturated carbocycles. The van der Waals surface area contributed by atoms with Crippen molar-refractivity contribution in [3.05, 3.63) is 199 Å². The first kappa shape index (κ1) is 34.8. The Balaban J connectivity index is 1.19. The highest BCUT2D eigenvalue weighted by Crippen LogP contribution is 2.53. The van der Waals surface area contributed by atoms with Gasteiger partial charge in [0.05, 0.1) is 28.1 Å². The number of aromatic nitrogens is 5. The molecule has 6 heteroatoms. The van der Waals surface area contributed by atoms with Gasteiger partial charge in [0.25, 0.3) is 0 Å². The first-order chi connectivity index (χ1) is 29.0. The van der Waals surface area contributed by atoms with Gasteiger partial charge >= 0.3 is 0 Å². The fraction of sp³-hybridized carbons (Fsp3) is 0.0943. The van der Waals surface area contributed by atoms with Crippen molar-refractivity contribution >= 4 is 44.6 Å². The van der Waals surface area contributed by atoms with Crippen LogP contribution in [0.15, 0.2) is 182 Å². The fourth-order valence-corrected chi connectivity index (χ4v) is 8.90. The van der Waals surface area contributed by atoms with Crippen LogP contribution in [0.3, 0.4) is 0 Å². The quantitative estimate of drug-likeness (QED) is 0.169. The molecule has 2 aliphatic rings. The molecule has 0 radical (unpaired) electrons. The van der Waals surface area contributed by atoms with Crippen LogP contribution in [0.5, 0.6) is 0 Å². The lowest BCUT2D eigenvalue weighted by Crippen LogP contribution is -2.31. The van der Waals surface area contributed by atoms with Gasteiger partial charge in [-0.1, -0.05) is 159 Å². The molecule has 0 spiro atoms. The molecule has 0 bridgehead atoms. The molecule has 282 valence electrons. The average molecular weight is 761 g/mol. The third-order valence-electron chi connectivity index (χ3n) is 11.8. The number of pyridine rings is 1. The van der Waals surface area contributed by atoms with Crippen molar-refractivity contribution < 1.29 is 0 Å². The Morgan fingerprint density at radius 2 is 1.14 bits per heavy atom. The molecule has 1 aliphatic carbocycles. The van der Waals surface area contributed by atoms with E-state index in [2.05, 4.69) is 169 Å². The number of fused-ring (bicyclic) bond motifs is 5. The third kappa shape index (κ3) is 5.87. The van der Waals surface area contributed by atoms with Crippen molar-refractivity contribution in [3.8, 4) is 40.0 Å². The monoisotopic (exact) mass is 760 g/mol. The van der Waals surface area contributed by atoms with Crippen molar-refractivity contribution in [2.45, 2.75) is 32.1 Å². The van der Waals surface area contributed by atoms with E-state index in [9.17, 15) is 0 Å². The Labute approximate surface area is 343 Å². The molecule has 4 heterocycles. The topological polar surface area (TPSA) is 59.7 Å². The van der Waals surface area contributed by atoms with Gasteiger partial charge in [-0.2, -0.15) is 9.97 Å². The molecular weight excluding hydrogens is 721 g/mol. The van der Waals surface area contributed by atoms with E-state index in [-0.39, 0.29) is 5.41 Å². The van der Waals surface area contributed by atoms with Gasteiger partial charge in [-0.3, -0.25) is 9.47 Å². The molecular formula is C53H40N6. The molecule has 1 aliphatic heterocycles. The van der Waals surface area contributed by atoms with Gasteiger partial charge in [0.1, 0.15) is 5.82 Å². The van der Waals surface area contributed by atoms with Crippen molar-refractivity contribution in [2.75, 3.05) is 4.90 Å². The van der Waals surface area contributed by atoms with E-state index in [1.165, 1.54) is 16.7 Å². The van der Waals surface area contributed by atoms with Crippen LogP contribution in [0.25, 0.3) is 67.4 Å². The van der Waals surface area contributed by atoms with Gasteiger partial charge < -0.3 is 0 Å². The Morgan fingerprint density at radius 3 is 1.83 bits per heavy atom. The second-order valence-corrected chi connectivity index (χ2v) is 15.8. The predicted octanol–water partition coefficient (Wildman–Crippen LogP) is 13.2. The van der Waals surface area contributed by atoms with Crippen molar-refractivity contribution in [1.29, 1.82) is 0 Å². The SMILES string of the molecule is CC1(C)c2ccccc2N(c2cc(C3=CCCC=C3)cc(-c3ccccc3)n2)c2cc3c4ccccc4n(-c4nc(-c5ccccc5)nc(-c5ccccc5)n4)c3cc21. The summed E-state index contributed by atoms with van der Waals surface area (Å²) in [6, 6.07) is 57.5. The number of hydrogen-bond donors (Lipinski definition) is 0. The highest BCUT2D eigenvalue weighted by molar-refractivity contribution is 6.11. The lowest BCUT2D eigenvalue weighted by molar-refractivity contribution is 0.632. The summed E-state index contributed by atoms with van der Waals surface area (Å²) in [5.74, 6) is 2.71. The molecule has 0 saturated heterocycles. The van der Waals surface area contributed by atoms with E-state index in [4.69, 9.17) is 19.9 Å². The van der Waals surface area contributed by atoms with Crippen LogP contribution < -0.4 is 4.90 Å². The van der Waals surface area contributed by atoms with Crippen molar-refractivity contribution in [2.24, 2.45) is 0 Å². The number of allylic oxidation sites excluding steroid dienone is 4. The van der Waals surface area contributed by atoms with Crippen molar-refractivity contribution in [3.63, 3.8) is 0 Å². The Kier molecular flexibility index (Phi) is 8.19. The van der Waals surface area contributed by atoms with Gasteiger partial charge in [-0.15, -0.1) is 0 Å². The fourth-order valence-electron chi connectivity index (χ4n) is 8.90. The molecule has 6 aromatic carbocycles. The Hall–Kier alpha value is -7.44. The van der Waals surface area contributed by atoms with E-state index < -0.39 is 0 Å². The van der Waals surface area contributed by atoms with Crippen LogP contribution in [-0.2, 0) is 5.41 Å².